The van der Waals surface area contributed by atoms with Crippen LogP contribution in [0.5, 0.6) is 11.5 Å². The van der Waals surface area contributed by atoms with Crippen LogP contribution in [0.2, 0.25) is 0 Å². The number of aromatic nitrogens is 1. The maximum absolute atomic E-state index is 13.1. The Morgan fingerprint density at radius 1 is 0.878 bits per heavy atom. The number of anilines is 1. The van der Waals surface area contributed by atoms with Crippen molar-refractivity contribution in [2.45, 2.75) is 104 Å². The first-order chi connectivity index (χ1) is 19.6. The standard InChI is InChI=1S/C34H48N2O3S.BrH/c1-4-5-6-7-8-9-10-11-12-13-14-17-22-39-33-24-31(38-3)21-20-29(33)23-34(37)35-32-19-16-15-18-30(32)26-36-25-28(2)40-27-36;/h15-16,18-21,24-25,27H,4-14,17,22-23,26H2,1-3H3;1H. The van der Waals surface area contributed by atoms with Crippen LogP contribution in [-0.2, 0) is 17.8 Å². The monoisotopic (exact) mass is 644 g/mol. The number of nitrogens with one attached hydrogen (secondary N) is 1. The third-order valence-electron chi connectivity index (χ3n) is 7.25. The molecule has 2 aromatic carbocycles. The molecular weight excluding hydrogens is 596 g/mol. The zero-order valence-corrected chi connectivity index (χ0v) is 27.7. The highest BCUT2D eigenvalue weighted by molar-refractivity contribution is 7.09. The number of nitrogens with zero attached hydrogens (tertiary/aromatic N) is 1. The molecule has 1 heterocycles. The van der Waals surface area contributed by atoms with Crippen molar-refractivity contribution < 1.29 is 35.8 Å². The van der Waals surface area contributed by atoms with Gasteiger partial charge in [-0.15, -0.1) is 0 Å². The lowest BCUT2D eigenvalue weighted by atomic mass is 10.1. The second-order valence-corrected chi connectivity index (χ2v) is 11.8. The van der Waals surface area contributed by atoms with Crippen LogP contribution >= 0.6 is 11.3 Å². The Bertz CT molecular complexity index is 1150. The lowest BCUT2D eigenvalue weighted by Crippen LogP contribution is -3.00. The van der Waals surface area contributed by atoms with Gasteiger partial charge in [0.05, 0.1) is 30.7 Å². The molecule has 0 fully saturated rings. The quantitative estimate of drug-likeness (QED) is 0.127. The van der Waals surface area contributed by atoms with E-state index in [0.29, 0.717) is 6.61 Å². The fraction of sp³-hybridized carbons (Fsp3) is 0.529. The fourth-order valence-corrected chi connectivity index (χ4v) is 5.57. The summed E-state index contributed by atoms with van der Waals surface area (Å²) in [5, 5.41) is 3.12. The third-order valence-corrected chi connectivity index (χ3v) is 8.10. The summed E-state index contributed by atoms with van der Waals surface area (Å²) < 4.78 is 13.7. The zero-order chi connectivity index (χ0) is 28.4. The first-order valence-corrected chi connectivity index (χ1v) is 16.1. The average molecular weight is 646 g/mol. The molecule has 0 aliphatic heterocycles. The van der Waals surface area contributed by atoms with Gasteiger partial charge in [0.2, 0.25) is 11.4 Å². The Labute approximate surface area is 262 Å². The van der Waals surface area contributed by atoms with Gasteiger partial charge in [-0.05, 0) is 25.5 Å². The molecule has 0 unspecified atom stereocenters. The van der Waals surface area contributed by atoms with E-state index in [1.165, 1.54) is 75.5 Å². The van der Waals surface area contributed by atoms with E-state index >= 15 is 0 Å². The smallest absolute Gasteiger partial charge is 0.228 e. The first-order valence-electron chi connectivity index (χ1n) is 15.2. The Balaban J connectivity index is 0.00000588. The molecule has 1 amide bonds. The number of thiazole rings is 1. The third kappa shape index (κ3) is 13.4. The van der Waals surface area contributed by atoms with Gasteiger partial charge in [-0.25, -0.2) is 0 Å². The molecule has 1 aromatic heterocycles. The van der Waals surface area contributed by atoms with Crippen LogP contribution in [0.1, 0.15) is 100.0 Å². The molecule has 3 rings (SSSR count). The highest BCUT2D eigenvalue weighted by atomic mass is 79.9. The zero-order valence-electron chi connectivity index (χ0n) is 25.3. The number of unbranched alkanes of at least 4 members (excludes halogenated alkanes) is 11. The molecule has 0 spiro atoms. The second-order valence-electron chi connectivity index (χ2n) is 10.7. The van der Waals surface area contributed by atoms with E-state index in [-0.39, 0.29) is 29.3 Å². The minimum atomic E-state index is -0.0562. The SMILES string of the molecule is CCCCCCCCCCCCCCOc1cc(OC)ccc1CC(=O)Nc1ccccc1C[n+]1csc(C)c1.[Br-]. The summed E-state index contributed by atoms with van der Waals surface area (Å²) in [5.74, 6) is 1.41. The Hall–Kier alpha value is -2.38. The summed E-state index contributed by atoms with van der Waals surface area (Å²) in [5.41, 5.74) is 4.90. The Morgan fingerprint density at radius 2 is 1.54 bits per heavy atom. The average Bonchev–Trinajstić information content (AvgIpc) is 3.37. The maximum atomic E-state index is 13.1. The number of carbonyl (C=O) groups excluding carboxylic acids is 1. The van der Waals surface area contributed by atoms with Gasteiger partial charge in [0, 0.05) is 17.2 Å². The van der Waals surface area contributed by atoms with Gasteiger partial charge >= 0.3 is 0 Å². The van der Waals surface area contributed by atoms with Gasteiger partial charge in [-0.2, -0.15) is 4.57 Å². The van der Waals surface area contributed by atoms with Crippen molar-refractivity contribution in [2.75, 3.05) is 19.0 Å². The number of ether oxygens (including phenoxy) is 2. The van der Waals surface area contributed by atoms with E-state index in [2.05, 4.69) is 41.5 Å². The van der Waals surface area contributed by atoms with Crippen molar-refractivity contribution in [2.24, 2.45) is 0 Å². The molecule has 7 heteroatoms. The summed E-state index contributed by atoms with van der Waals surface area (Å²) in [7, 11) is 1.65. The van der Waals surface area contributed by atoms with Crippen LogP contribution in [-0.4, -0.2) is 19.6 Å². The minimum absolute atomic E-state index is 0. The number of benzene rings is 2. The highest BCUT2D eigenvalue weighted by Crippen LogP contribution is 2.26. The number of carbonyl (C=O) groups is 1. The molecule has 0 saturated carbocycles. The summed E-state index contributed by atoms with van der Waals surface area (Å²) in [6.07, 6.45) is 18.2. The highest BCUT2D eigenvalue weighted by Gasteiger charge is 2.15. The molecule has 0 saturated heterocycles. The van der Waals surface area contributed by atoms with Crippen molar-refractivity contribution in [1.29, 1.82) is 0 Å². The van der Waals surface area contributed by atoms with Crippen molar-refractivity contribution in [3.63, 3.8) is 0 Å². The maximum Gasteiger partial charge on any atom is 0.228 e. The molecular formula is C34H49BrN2O3S. The van der Waals surface area contributed by atoms with E-state index < -0.39 is 0 Å². The van der Waals surface area contributed by atoms with E-state index in [4.69, 9.17) is 9.47 Å². The summed E-state index contributed by atoms with van der Waals surface area (Å²) in [4.78, 5) is 14.3. The molecule has 0 atom stereocenters. The van der Waals surface area contributed by atoms with Gasteiger partial charge in [-0.1, -0.05) is 113 Å². The van der Waals surface area contributed by atoms with Gasteiger partial charge in [0.25, 0.3) is 0 Å². The molecule has 41 heavy (non-hydrogen) atoms. The number of aryl methyl sites for hydroxylation is 1. The molecule has 1 N–H and O–H groups in total. The predicted molar refractivity (Wildman–Crippen MR) is 167 cm³/mol. The topological polar surface area (TPSA) is 51.4 Å². The van der Waals surface area contributed by atoms with Crippen LogP contribution in [0.15, 0.2) is 54.2 Å². The number of hydrogen-bond donors (Lipinski definition) is 1. The second kappa shape index (κ2) is 20.5. The van der Waals surface area contributed by atoms with Crippen molar-refractivity contribution in [3.8, 4) is 11.5 Å². The van der Waals surface area contributed by atoms with Gasteiger partial charge in [0.1, 0.15) is 11.5 Å². The van der Waals surface area contributed by atoms with Crippen molar-refractivity contribution in [1.82, 2.24) is 0 Å². The van der Waals surface area contributed by atoms with Gasteiger partial charge in [0.15, 0.2) is 12.7 Å². The number of methoxy groups -OCH3 is 1. The van der Waals surface area contributed by atoms with Crippen LogP contribution in [0.25, 0.3) is 0 Å². The van der Waals surface area contributed by atoms with Gasteiger partial charge in [-0.3, -0.25) is 4.79 Å². The Morgan fingerprint density at radius 3 is 2.17 bits per heavy atom. The van der Waals surface area contributed by atoms with E-state index in [1.807, 2.05) is 36.4 Å². The lowest BCUT2D eigenvalue weighted by Gasteiger charge is -2.14. The molecule has 0 bridgehead atoms. The largest absolute Gasteiger partial charge is 1.00 e. The molecule has 3 aromatic rings. The van der Waals surface area contributed by atoms with Crippen LogP contribution in [0.3, 0.4) is 0 Å². The lowest BCUT2D eigenvalue weighted by molar-refractivity contribution is -0.683. The number of rotatable bonds is 20. The van der Waals surface area contributed by atoms with Gasteiger partial charge < -0.3 is 31.8 Å². The van der Waals surface area contributed by atoms with E-state index in [0.717, 1.165) is 41.3 Å². The molecule has 0 aliphatic carbocycles. The Kier molecular flexibility index (Phi) is 17.4. The number of amides is 1. The first kappa shape index (κ1) is 34.8. The molecule has 0 radical (unpaired) electrons. The number of halogens is 1. The summed E-state index contributed by atoms with van der Waals surface area (Å²) in [6, 6.07) is 13.7. The molecule has 5 nitrogen and oxygen atoms in total. The van der Waals surface area contributed by atoms with Crippen LogP contribution < -0.4 is 36.3 Å². The normalized spacial score (nSPS) is 10.7. The molecule has 0 aliphatic rings. The van der Waals surface area contributed by atoms with E-state index in [9.17, 15) is 4.79 Å². The predicted octanol–water partition coefficient (Wildman–Crippen LogP) is 5.67. The van der Waals surface area contributed by atoms with E-state index in [1.54, 1.807) is 18.4 Å². The van der Waals surface area contributed by atoms with Crippen LogP contribution in [0, 0.1) is 6.92 Å². The van der Waals surface area contributed by atoms with Crippen molar-refractivity contribution in [3.05, 3.63) is 70.2 Å². The fourth-order valence-electron chi connectivity index (χ4n) is 4.94. The number of para-hydroxylation sites is 1. The minimum Gasteiger partial charge on any atom is -1.00 e. The number of hydrogen-bond acceptors (Lipinski definition) is 4. The molecule has 226 valence electrons. The van der Waals surface area contributed by atoms with Crippen LogP contribution in [0.4, 0.5) is 5.69 Å². The summed E-state index contributed by atoms with van der Waals surface area (Å²) in [6.45, 7) is 5.74. The summed E-state index contributed by atoms with van der Waals surface area (Å²) >= 11 is 1.72. The van der Waals surface area contributed by atoms with Crippen molar-refractivity contribution >= 4 is 22.9 Å².